The van der Waals surface area contributed by atoms with E-state index in [1.165, 1.54) is 0 Å². The Morgan fingerprint density at radius 2 is 1.90 bits per heavy atom. The van der Waals surface area contributed by atoms with Gasteiger partial charge in [0.05, 0.1) is 0 Å². The first kappa shape index (κ1) is 19.3. The molecule has 1 N–H and O–H groups in total. The molecule has 0 spiro atoms. The summed E-state index contributed by atoms with van der Waals surface area (Å²) in [5, 5.41) is 2.89. The molecule has 0 radical (unpaired) electrons. The van der Waals surface area contributed by atoms with Gasteiger partial charge in [-0.2, -0.15) is 0 Å². The van der Waals surface area contributed by atoms with E-state index in [-0.39, 0.29) is 12.7 Å². The van der Waals surface area contributed by atoms with Crippen LogP contribution in [0.25, 0.3) is 5.82 Å². The number of nitrogens with zero attached hydrogens (tertiary/aromatic N) is 5. The van der Waals surface area contributed by atoms with Crippen molar-refractivity contribution in [1.29, 1.82) is 0 Å². The number of hydrogen-bond donors (Lipinski definition) is 1. The predicted octanol–water partition coefficient (Wildman–Crippen LogP) is 2.56. The van der Waals surface area contributed by atoms with Gasteiger partial charge in [-0.15, -0.1) is 0 Å². The van der Waals surface area contributed by atoms with E-state index >= 15 is 0 Å². The molecule has 0 aliphatic carbocycles. The molecule has 2 aliphatic rings. The Kier molecular flexibility index (Phi) is 5.15. The SMILES string of the molecule is CC1CCN(c2cc(-n3cnc(C(=O)NCc4ccc5c(c4)OCO5)c3)ncn2)CC1. The van der Waals surface area contributed by atoms with Gasteiger partial charge in [-0.05, 0) is 36.5 Å². The fraction of sp³-hybridized carbons (Fsp3) is 0.364. The minimum atomic E-state index is -0.254. The van der Waals surface area contributed by atoms with Crippen LogP contribution in [-0.4, -0.2) is 45.3 Å². The van der Waals surface area contributed by atoms with Crippen LogP contribution in [0.4, 0.5) is 5.82 Å². The van der Waals surface area contributed by atoms with E-state index in [4.69, 9.17) is 9.47 Å². The van der Waals surface area contributed by atoms with E-state index in [9.17, 15) is 4.79 Å². The highest BCUT2D eigenvalue weighted by atomic mass is 16.7. The maximum Gasteiger partial charge on any atom is 0.271 e. The molecule has 1 fully saturated rings. The summed E-state index contributed by atoms with van der Waals surface area (Å²) < 4.78 is 12.4. The van der Waals surface area contributed by atoms with E-state index in [1.807, 2.05) is 24.3 Å². The molecule has 160 valence electrons. The van der Waals surface area contributed by atoms with Crippen LogP contribution in [-0.2, 0) is 6.54 Å². The summed E-state index contributed by atoms with van der Waals surface area (Å²) in [6.45, 7) is 4.87. The second kappa shape index (κ2) is 8.25. The van der Waals surface area contributed by atoms with Crippen LogP contribution >= 0.6 is 0 Å². The Bertz CT molecular complexity index is 1090. The molecular formula is C22H24N6O3. The van der Waals surface area contributed by atoms with Gasteiger partial charge in [-0.1, -0.05) is 13.0 Å². The normalized spacial score (nSPS) is 15.8. The number of amides is 1. The van der Waals surface area contributed by atoms with Crippen molar-refractivity contribution in [2.24, 2.45) is 5.92 Å². The van der Waals surface area contributed by atoms with E-state index < -0.39 is 0 Å². The molecule has 0 atom stereocenters. The number of carbonyl (C=O) groups is 1. The van der Waals surface area contributed by atoms with Crippen LogP contribution in [0.2, 0.25) is 0 Å². The Hall–Kier alpha value is -3.62. The lowest BCUT2D eigenvalue weighted by Crippen LogP contribution is -2.33. The fourth-order valence-corrected chi connectivity index (χ4v) is 3.78. The summed E-state index contributed by atoms with van der Waals surface area (Å²) in [5.74, 6) is 3.50. The van der Waals surface area contributed by atoms with Crippen LogP contribution < -0.4 is 19.7 Å². The number of ether oxygens (including phenoxy) is 2. The Balaban J connectivity index is 1.24. The van der Waals surface area contributed by atoms with Crippen LogP contribution in [0, 0.1) is 5.92 Å². The van der Waals surface area contributed by atoms with Crippen molar-refractivity contribution in [2.45, 2.75) is 26.3 Å². The average Bonchev–Trinajstić information content (AvgIpc) is 3.47. The fourth-order valence-electron chi connectivity index (χ4n) is 3.78. The van der Waals surface area contributed by atoms with Crippen molar-refractivity contribution in [3.8, 4) is 17.3 Å². The summed E-state index contributed by atoms with van der Waals surface area (Å²) >= 11 is 0. The van der Waals surface area contributed by atoms with E-state index in [2.05, 4.69) is 32.1 Å². The van der Waals surface area contributed by atoms with Crippen LogP contribution in [0.15, 0.2) is 43.1 Å². The Morgan fingerprint density at radius 3 is 2.77 bits per heavy atom. The first-order valence-corrected chi connectivity index (χ1v) is 10.4. The van der Waals surface area contributed by atoms with Crippen molar-refractivity contribution >= 4 is 11.7 Å². The summed E-state index contributed by atoms with van der Waals surface area (Å²) in [6, 6.07) is 7.54. The third-order valence-corrected chi connectivity index (χ3v) is 5.72. The molecule has 4 heterocycles. The molecule has 0 unspecified atom stereocenters. The standard InChI is InChI=1S/C22H24N6O3/c1-15-4-6-27(7-5-15)20-9-21(25-12-24-20)28-11-17(26-13-28)22(29)23-10-16-2-3-18-19(8-16)31-14-30-18/h2-3,8-9,11-13,15H,4-7,10,14H2,1H3,(H,23,29). The summed E-state index contributed by atoms with van der Waals surface area (Å²) in [5.41, 5.74) is 1.25. The van der Waals surface area contributed by atoms with Crippen molar-refractivity contribution in [1.82, 2.24) is 24.8 Å². The highest BCUT2D eigenvalue weighted by molar-refractivity contribution is 5.92. The number of nitrogens with one attached hydrogen (secondary N) is 1. The van der Waals surface area contributed by atoms with E-state index in [0.29, 0.717) is 23.8 Å². The number of carbonyl (C=O) groups excluding carboxylic acids is 1. The zero-order valence-electron chi connectivity index (χ0n) is 17.3. The first-order valence-electron chi connectivity index (χ1n) is 10.4. The van der Waals surface area contributed by atoms with E-state index in [1.54, 1.807) is 23.4 Å². The highest BCUT2D eigenvalue weighted by Crippen LogP contribution is 2.32. The summed E-state index contributed by atoms with van der Waals surface area (Å²) in [4.78, 5) is 27.9. The number of piperidine rings is 1. The van der Waals surface area contributed by atoms with Crippen molar-refractivity contribution in [2.75, 3.05) is 24.8 Å². The minimum absolute atomic E-state index is 0.226. The highest BCUT2D eigenvalue weighted by Gasteiger charge is 2.18. The number of hydrogen-bond acceptors (Lipinski definition) is 7. The van der Waals surface area contributed by atoms with Crippen LogP contribution in [0.3, 0.4) is 0 Å². The molecular weight excluding hydrogens is 396 g/mol. The number of imidazole rings is 1. The van der Waals surface area contributed by atoms with Gasteiger partial charge in [0.2, 0.25) is 6.79 Å². The molecule has 1 amide bonds. The van der Waals surface area contributed by atoms with Crippen molar-refractivity contribution in [3.05, 3.63) is 54.4 Å². The maximum absolute atomic E-state index is 12.6. The summed E-state index contributed by atoms with van der Waals surface area (Å²) in [6.07, 6.45) is 7.16. The van der Waals surface area contributed by atoms with Gasteiger partial charge in [0.15, 0.2) is 11.5 Å². The third kappa shape index (κ3) is 4.16. The number of benzene rings is 1. The third-order valence-electron chi connectivity index (χ3n) is 5.72. The molecule has 0 saturated carbocycles. The molecule has 1 aromatic carbocycles. The first-order chi connectivity index (χ1) is 15.2. The molecule has 9 heteroatoms. The molecule has 3 aromatic rings. The van der Waals surface area contributed by atoms with Gasteiger partial charge in [0.25, 0.3) is 5.91 Å². The summed E-state index contributed by atoms with van der Waals surface area (Å²) in [7, 11) is 0. The van der Waals surface area contributed by atoms with E-state index in [0.717, 1.165) is 49.0 Å². The smallest absolute Gasteiger partial charge is 0.271 e. The van der Waals surface area contributed by atoms with Crippen molar-refractivity contribution in [3.63, 3.8) is 0 Å². The Morgan fingerprint density at radius 1 is 1.10 bits per heavy atom. The minimum Gasteiger partial charge on any atom is -0.454 e. The van der Waals surface area contributed by atoms with Gasteiger partial charge >= 0.3 is 0 Å². The van der Waals surface area contributed by atoms with Crippen LogP contribution in [0.1, 0.15) is 35.8 Å². The largest absolute Gasteiger partial charge is 0.454 e. The monoisotopic (exact) mass is 420 g/mol. The zero-order valence-corrected chi connectivity index (χ0v) is 17.3. The topological polar surface area (TPSA) is 94.4 Å². The maximum atomic E-state index is 12.6. The molecule has 2 aliphatic heterocycles. The number of rotatable bonds is 5. The number of aromatic nitrogens is 4. The average molecular weight is 420 g/mol. The lowest BCUT2D eigenvalue weighted by Gasteiger charge is -2.31. The second-order valence-electron chi connectivity index (χ2n) is 7.94. The van der Waals surface area contributed by atoms with Crippen molar-refractivity contribution < 1.29 is 14.3 Å². The number of fused-ring (bicyclic) bond motifs is 1. The Labute approximate surface area is 180 Å². The molecule has 0 bridgehead atoms. The molecule has 2 aromatic heterocycles. The van der Waals surface area contributed by atoms with Gasteiger partial charge in [0.1, 0.15) is 30.0 Å². The molecule has 31 heavy (non-hydrogen) atoms. The predicted molar refractivity (Wildman–Crippen MR) is 114 cm³/mol. The zero-order chi connectivity index (χ0) is 21.2. The quantitative estimate of drug-likeness (QED) is 0.678. The molecule has 9 nitrogen and oxygen atoms in total. The van der Waals surface area contributed by atoms with Crippen LogP contribution in [0.5, 0.6) is 11.5 Å². The van der Waals surface area contributed by atoms with Gasteiger partial charge in [-0.3, -0.25) is 9.36 Å². The number of anilines is 1. The molecule has 1 saturated heterocycles. The van der Waals surface area contributed by atoms with Gasteiger partial charge in [0, 0.05) is 31.9 Å². The second-order valence-corrected chi connectivity index (χ2v) is 7.94. The molecule has 5 rings (SSSR count). The lowest BCUT2D eigenvalue weighted by molar-refractivity contribution is 0.0946. The van der Waals surface area contributed by atoms with Gasteiger partial charge in [-0.25, -0.2) is 15.0 Å². The van der Waals surface area contributed by atoms with Gasteiger partial charge < -0.3 is 19.7 Å². The lowest BCUT2D eigenvalue weighted by atomic mass is 9.99.